The number of fused-ring (bicyclic) bond motifs is 1. The average Bonchev–Trinajstić information content (AvgIpc) is 2.93. The zero-order valence-corrected chi connectivity index (χ0v) is 13.0. The maximum Gasteiger partial charge on any atom is 0.387 e. The van der Waals surface area contributed by atoms with Crippen LogP contribution in [0.5, 0.6) is 5.75 Å². The number of halogens is 2. The first-order chi connectivity index (χ1) is 11.5. The van der Waals surface area contributed by atoms with E-state index in [0.717, 1.165) is 0 Å². The van der Waals surface area contributed by atoms with Crippen molar-refractivity contribution < 1.29 is 18.3 Å². The fraction of sp³-hybridized carbons (Fsp3) is 0.250. The van der Waals surface area contributed by atoms with Crippen molar-refractivity contribution in [2.75, 3.05) is 0 Å². The second-order valence-corrected chi connectivity index (χ2v) is 5.40. The smallest absolute Gasteiger partial charge is 0.387 e. The number of pyridine rings is 2. The Bertz CT molecular complexity index is 893. The number of nitrogens with zero attached hydrogens (tertiary/aromatic N) is 4. The van der Waals surface area contributed by atoms with Gasteiger partial charge in [0.05, 0.1) is 11.2 Å². The van der Waals surface area contributed by atoms with E-state index in [1.54, 1.807) is 10.7 Å². The maximum absolute atomic E-state index is 12.4. The molecule has 0 saturated carbocycles. The molecule has 0 aliphatic rings. The minimum absolute atomic E-state index is 0.00763. The topological polar surface area (TPSA) is 69.9 Å². The summed E-state index contributed by atoms with van der Waals surface area (Å²) in [7, 11) is 0. The van der Waals surface area contributed by atoms with E-state index in [1.807, 2.05) is 13.8 Å². The van der Waals surface area contributed by atoms with Crippen LogP contribution in [-0.4, -0.2) is 32.6 Å². The average molecular weight is 332 g/mol. The van der Waals surface area contributed by atoms with E-state index in [4.69, 9.17) is 0 Å². The molecule has 0 fully saturated rings. The molecule has 124 valence electrons. The van der Waals surface area contributed by atoms with Crippen LogP contribution in [0.4, 0.5) is 8.78 Å². The fourth-order valence-corrected chi connectivity index (χ4v) is 2.38. The molecular weight excluding hydrogens is 318 g/mol. The summed E-state index contributed by atoms with van der Waals surface area (Å²) in [6, 6.07) is 4.43. The van der Waals surface area contributed by atoms with Gasteiger partial charge in [-0.3, -0.25) is 19.4 Å². The van der Waals surface area contributed by atoms with Crippen LogP contribution < -0.4 is 4.74 Å². The molecule has 0 bridgehead atoms. The molecule has 0 N–H and O–H groups in total. The lowest BCUT2D eigenvalue weighted by molar-refractivity contribution is -0.0498. The molecule has 24 heavy (non-hydrogen) atoms. The van der Waals surface area contributed by atoms with Crippen molar-refractivity contribution in [2.45, 2.75) is 26.5 Å². The number of carbonyl (C=O) groups is 1. The van der Waals surface area contributed by atoms with Gasteiger partial charge in [-0.15, -0.1) is 0 Å². The van der Waals surface area contributed by atoms with Gasteiger partial charge in [-0.05, 0) is 26.0 Å². The molecule has 0 aliphatic carbocycles. The second kappa shape index (κ2) is 6.31. The van der Waals surface area contributed by atoms with Gasteiger partial charge in [0.1, 0.15) is 17.0 Å². The summed E-state index contributed by atoms with van der Waals surface area (Å²) in [5, 5.41) is 4.49. The minimum Gasteiger partial charge on any atom is -0.435 e. The SMILES string of the molecule is CC(C)n1nc(-c2cc(OC(F)F)ccn2)c2ncc(C=O)cc21. The molecule has 0 unspecified atom stereocenters. The van der Waals surface area contributed by atoms with Crippen LogP contribution >= 0.6 is 0 Å². The summed E-state index contributed by atoms with van der Waals surface area (Å²) < 4.78 is 30.9. The standard InChI is InChI=1S/C16H14F2N4O2/c1-9(2)22-13-5-10(8-23)7-20-15(13)14(21-22)12-6-11(3-4-19-12)24-16(17)18/h3-9,16H,1-2H3. The van der Waals surface area contributed by atoms with Crippen LogP contribution in [0, 0.1) is 0 Å². The first-order valence-corrected chi connectivity index (χ1v) is 7.24. The Morgan fingerprint density at radius 3 is 2.71 bits per heavy atom. The second-order valence-electron chi connectivity index (χ2n) is 5.40. The first kappa shape index (κ1) is 16.0. The third-order valence-corrected chi connectivity index (χ3v) is 3.39. The van der Waals surface area contributed by atoms with Gasteiger partial charge >= 0.3 is 6.61 Å². The third-order valence-electron chi connectivity index (χ3n) is 3.39. The largest absolute Gasteiger partial charge is 0.435 e. The predicted molar refractivity (Wildman–Crippen MR) is 83.2 cm³/mol. The van der Waals surface area contributed by atoms with E-state index in [0.29, 0.717) is 34.3 Å². The summed E-state index contributed by atoms with van der Waals surface area (Å²) in [4.78, 5) is 19.4. The fourth-order valence-electron chi connectivity index (χ4n) is 2.38. The quantitative estimate of drug-likeness (QED) is 0.669. The molecule has 0 atom stereocenters. The normalized spacial score (nSPS) is 11.4. The number of aldehydes is 1. The van der Waals surface area contributed by atoms with Gasteiger partial charge in [0, 0.05) is 30.1 Å². The summed E-state index contributed by atoms with van der Waals surface area (Å²) in [5.74, 6) is -0.00763. The highest BCUT2D eigenvalue weighted by Gasteiger charge is 2.18. The number of alkyl halides is 2. The predicted octanol–water partition coefficient (Wildman–Crippen LogP) is 3.49. The van der Waals surface area contributed by atoms with Crippen LogP contribution in [-0.2, 0) is 0 Å². The molecule has 3 aromatic rings. The van der Waals surface area contributed by atoms with Gasteiger partial charge in [-0.2, -0.15) is 13.9 Å². The monoisotopic (exact) mass is 332 g/mol. The summed E-state index contributed by atoms with van der Waals surface area (Å²) in [6.45, 7) is 0.958. The van der Waals surface area contributed by atoms with Crippen LogP contribution in [0.1, 0.15) is 30.2 Å². The zero-order valence-electron chi connectivity index (χ0n) is 13.0. The van der Waals surface area contributed by atoms with Gasteiger partial charge in [-0.1, -0.05) is 0 Å². The Hall–Kier alpha value is -2.90. The van der Waals surface area contributed by atoms with E-state index < -0.39 is 6.61 Å². The van der Waals surface area contributed by atoms with Gasteiger partial charge in [0.2, 0.25) is 0 Å². The number of rotatable bonds is 5. The van der Waals surface area contributed by atoms with Crippen molar-refractivity contribution in [1.82, 2.24) is 19.7 Å². The number of hydrogen-bond acceptors (Lipinski definition) is 5. The van der Waals surface area contributed by atoms with Gasteiger partial charge in [0.15, 0.2) is 6.29 Å². The molecule has 0 saturated heterocycles. The van der Waals surface area contributed by atoms with E-state index >= 15 is 0 Å². The molecule has 8 heteroatoms. The van der Waals surface area contributed by atoms with Gasteiger partial charge in [-0.25, -0.2) is 0 Å². The van der Waals surface area contributed by atoms with Crippen LogP contribution in [0.3, 0.4) is 0 Å². The van der Waals surface area contributed by atoms with Crippen molar-refractivity contribution in [2.24, 2.45) is 0 Å². The molecule has 3 aromatic heterocycles. The number of aromatic nitrogens is 4. The number of ether oxygens (including phenoxy) is 1. The number of hydrogen-bond donors (Lipinski definition) is 0. The van der Waals surface area contributed by atoms with E-state index in [9.17, 15) is 13.6 Å². The van der Waals surface area contributed by atoms with Crippen molar-refractivity contribution in [1.29, 1.82) is 0 Å². The molecule has 0 aliphatic heterocycles. The highest BCUT2D eigenvalue weighted by Crippen LogP contribution is 2.29. The highest BCUT2D eigenvalue weighted by molar-refractivity contribution is 5.92. The molecule has 3 rings (SSSR count). The molecule has 6 nitrogen and oxygen atoms in total. The van der Waals surface area contributed by atoms with Gasteiger partial charge < -0.3 is 4.74 Å². The highest BCUT2D eigenvalue weighted by atomic mass is 19.3. The Balaban J connectivity index is 2.18. The molecule has 0 radical (unpaired) electrons. The summed E-state index contributed by atoms with van der Waals surface area (Å²) >= 11 is 0. The van der Waals surface area contributed by atoms with E-state index in [1.165, 1.54) is 24.5 Å². The van der Waals surface area contributed by atoms with E-state index in [2.05, 4.69) is 19.8 Å². The molecule has 0 spiro atoms. The van der Waals surface area contributed by atoms with Crippen molar-refractivity contribution >= 4 is 17.3 Å². The Kier molecular flexibility index (Phi) is 4.20. The van der Waals surface area contributed by atoms with Crippen molar-refractivity contribution in [3.05, 3.63) is 36.2 Å². The van der Waals surface area contributed by atoms with Crippen molar-refractivity contribution in [3.63, 3.8) is 0 Å². The van der Waals surface area contributed by atoms with Crippen molar-refractivity contribution in [3.8, 4) is 17.1 Å². The Labute approximate surface area is 136 Å². The summed E-state index contributed by atoms with van der Waals surface area (Å²) in [5.41, 5.74) is 2.45. The molecule has 0 amide bonds. The minimum atomic E-state index is -2.92. The lowest BCUT2D eigenvalue weighted by atomic mass is 10.2. The molecule has 3 heterocycles. The van der Waals surface area contributed by atoms with Crippen LogP contribution in [0.2, 0.25) is 0 Å². The van der Waals surface area contributed by atoms with E-state index in [-0.39, 0.29) is 11.8 Å². The van der Waals surface area contributed by atoms with Crippen LogP contribution in [0.25, 0.3) is 22.4 Å². The molecule has 0 aromatic carbocycles. The maximum atomic E-state index is 12.4. The third kappa shape index (κ3) is 2.94. The Morgan fingerprint density at radius 2 is 2.04 bits per heavy atom. The zero-order chi connectivity index (χ0) is 17.3. The number of carbonyl (C=O) groups excluding carboxylic acids is 1. The first-order valence-electron chi connectivity index (χ1n) is 7.24. The van der Waals surface area contributed by atoms with Crippen LogP contribution in [0.15, 0.2) is 30.6 Å². The summed E-state index contributed by atoms with van der Waals surface area (Å²) in [6.07, 6.45) is 3.51. The lowest BCUT2D eigenvalue weighted by Gasteiger charge is -2.06. The Morgan fingerprint density at radius 1 is 1.25 bits per heavy atom. The lowest BCUT2D eigenvalue weighted by Crippen LogP contribution is -2.03. The molecular formula is C16H14F2N4O2. The van der Waals surface area contributed by atoms with Gasteiger partial charge in [0.25, 0.3) is 0 Å².